The number of halogens is 1. The zero-order valence-corrected chi connectivity index (χ0v) is 12.7. The van der Waals surface area contributed by atoms with Gasteiger partial charge in [-0.25, -0.2) is 0 Å². The van der Waals surface area contributed by atoms with Crippen LogP contribution in [0.1, 0.15) is 45.2 Å². The van der Waals surface area contributed by atoms with E-state index < -0.39 is 0 Å². The Balaban J connectivity index is 2.51. The summed E-state index contributed by atoms with van der Waals surface area (Å²) in [5.74, 6) is 0. The Kier molecular flexibility index (Phi) is 5.64. The second-order valence-electron chi connectivity index (χ2n) is 5.53. The van der Waals surface area contributed by atoms with E-state index in [1.54, 1.807) is 0 Å². The zero-order valence-electron chi connectivity index (χ0n) is 11.9. The van der Waals surface area contributed by atoms with E-state index in [1.165, 1.54) is 0 Å². The lowest BCUT2D eigenvalue weighted by molar-refractivity contribution is 0.146. The maximum Gasteiger partial charge on any atom is 0.0406 e. The predicted molar refractivity (Wildman–Crippen MR) is 80.0 cm³/mol. The summed E-state index contributed by atoms with van der Waals surface area (Å²) in [7, 11) is 2.16. The monoisotopic (exact) mass is 268 g/mol. The Morgan fingerprint density at radius 2 is 1.83 bits per heavy atom. The van der Waals surface area contributed by atoms with Gasteiger partial charge in [0.25, 0.3) is 0 Å². The first-order chi connectivity index (χ1) is 8.36. The summed E-state index contributed by atoms with van der Waals surface area (Å²) in [6.07, 6.45) is 2.10. The van der Waals surface area contributed by atoms with Gasteiger partial charge in [0.15, 0.2) is 0 Å². The van der Waals surface area contributed by atoms with Crippen molar-refractivity contribution in [3.63, 3.8) is 0 Å². The maximum absolute atomic E-state index is 6.21. The first-order valence-electron chi connectivity index (χ1n) is 6.59. The minimum Gasteiger partial charge on any atom is -0.324 e. The molecule has 0 aliphatic heterocycles. The molecule has 0 radical (unpaired) electrons. The molecular weight excluding hydrogens is 244 g/mol. The third-order valence-electron chi connectivity index (χ3n) is 3.97. The molecule has 0 bridgehead atoms. The lowest BCUT2D eigenvalue weighted by atomic mass is 9.98. The van der Waals surface area contributed by atoms with Crippen LogP contribution in [0.2, 0.25) is 5.02 Å². The molecule has 0 aliphatic carbocycles. The van der Waals surface area contributed by atoms with E-state index in [9.17, 15) is 0 Å². The topological polar surface area (TPSA) is 29.3 Å². The summed E-state index contributed by atoms with van der Waals surface area (Å²) in [5, 5.41) is 0.759. The molecule has 1 atom stereocenters. The fraction of sp³-hybridized carbons (Fsp3) is 0.600. The van der Waals surface area contributed by atoms with Crippen LogP contribution in [0.3, 0.4) is 0 Å². The standard InChI is InChI=1S/C15H25ClN2/c1-5-15(2,3)18(4)11-10-14(17)12-6-8-13(16)9-7-12/h6-9,14H,5,10-11,17H2,1-4H3. The number of nitrogens with zero attached hydrogens (tertiary/aromatic N) is 1. The number of rotatable bonds is 6. The van der Waals surface area contributed by atoms with Gasteiger partial charge in [0.2, 0.25) is 0 Å². The molecule has 0 saturated carbocycles. The van der Waals surface area contributed by atoms with Crippen LogP contribution in [0.4, 0.5) is 0 Å². The molecule has 1 aromatic rings. The van der Waals surface area contributed by atoms with E-state index in [0.717, 1.165) is 30.0 Å². The molecular formula is C15H25ClN2. The Morgan fingerprint density at radius 1 is 1.28 bits per heavy atom. The van der Waals surface area contributed by atoms with E-state index in [0.29, 0.717) is 0 Å². The molecule has 0 aromatic heterocycles. The first-order valence-corrected chi connectivity index (χ1v) is 6.97. The quantitative estimate of drug-likeness (QED) is 0.849. The molecule has 1 unspecified atom stereocenters. The molecule has 1 rings (SSSR count). The highest BCUT2D eigenvalue weighted by Gasteiger charge is 2.21. The summed E-state index contributed by atoms with van der Waals surface area (Å²) < 4.78 is 0. The summed E-state index contributed by atoms with van der Waals surface area (Å²) in [6, 6.07) is 7.90. The number of hydrogen-bond acceptors (Lipinski definition) is 2. The fourth-order valence-electron chi connectivity index (χ4n) is 1.78. The van der Waals surface area contributed by atoms with Crippen molar-refractivity contribution < 1.29 is 0 Å². The number of hydrogen-bond donors (Lipinski definition) is 1. The van der Waals surface area contributed by atoms with Crippen molar-refractivity contribution in [2.45, 2.75) is 45.2 Å². The molecule has 18 heavy (non-hydrogen) atoms. The van der Waals surface area contributed by atoms with Crippen molar-refractivity contribution >= 4 is 11.6 Å². The van der Waals surface area contributed by atoms with Crippen LogP contribution in [0, 0.1) is 0 Å². The van der Waals surface area contributed by atoms with Gasteiger partial charge >= 0.3 is 0 Å². The lowest BCUT2D eigenvalue weighted by Gasteiger charge is -2.35. The smallest absolute Gasteiger partial charge is 0.0406 e. The van der Waals surface area contributed by atoms with E-state index in [-0.39, 0.29) is 11.6 Å². The third-order valence-corrected chi connectivity index (χ3v) is 4.22. The Hall–Kier alpha value is -0.570. The molecule has 0 aliphatic rings. The van der Waals surface area contributed by atoms with Crippen LogP contribution >= 0.6 is 11.6 Å². The molecule has 0 heterocycles. The molecule has 0 saturated heterocycles. The van der Waals surface area contributed by atoms with Gasteiger partial charge in [0.1, 0.15) is 0 Å². The average Bonchev–Trinajstić information content (AvgIpc) is 2.36. The SMILES string of the molecule is CCC(C)(C)N(C)CCC(N)c1ccc(Cl)cc1. The molecule has 2 nitrogen and oxygen atoms in total. The molecule has 3 heteroatoms. The lowest BCUT2D eigenvalue weighted by Crippen LogP contribution is -2.41. The molecule has 102 valence electrons. The summed E-state index contributed by atoms with van der Waals surface area (Å²) in [5.41, 5.74) is 7.60. The maximum atomic E-state index is 6.21. The Bertz CT molecular complexity index is 359. The molecule has 0 amide bonds. The fourth-order valence-corrected chi connectivity index (χ4v) is 1.91. The predicted octanol–water partition coefficient (Wildman–Crippen LogP) is 3.85. The first kappa shape index (κ1) is 15.5. The van der Waals surface area contributed by atoms with E-state index >= 15 is 0 Å². The van der Waals surface area contributed by atoms with Crippen molar-refractivity contribution in [2.24, 2.45) is 5.73 Å². The molecule has 2 N–H and O–H groups in total. The van der Waals surface area contributed by atoms with Gasteiger partial charge in [0, 0.05) is 23.1 Å². The van der Waals surface area contributed by atoms with E-state index in [1.807, 2.05) is 24.3 Å². The average molecular weight is 269 g/mol. The highest BCUT2D eigenvalue weighted by atomic mass is 35.5. The van der Waals surface area contributed by atoms with Gasteiger partial charge in [-0.2, -0.15) is 0 Å². The molecule has 0 fully saturated rings. The van der Waals surface area contributed by atoms with Gasteiger partial charge in [-0.15, -0.1) is 0 Å². The van der Waals surface area contributed by atoms with Gasteiger partial charge in [0.05, 0.1) is 0 Å². The van der Waals surface area contributed by atoms with Gasteiger partial charge in [-0.1, -0.05) is 30.7 Å². The van der Waals surface area contributed by atoms with Crippen LogP contribution in [0.25, 0.3) is 0 Å². The van der Waals surface area contributed by atoms with Crippen molar-refractivity contribution in [1.29, 1.82) is 0 Å². The minimum absolute atomic E-state index is 0.0809. The second kappa shape index (κ2) is 6.55. The van der Waals surface area contributed by atoms with Crippen molar-refractivity contribution in [3.8, 4) is 0 Å². The highest BCUT2D eigenvalue weighted by Crippen LogP contribution is 2.21. The number of nitrogens with two attached hydrogens (primary N) is 1. The molecule has 0 spiro atoms. The molecule has 1 aromatic carbocycles. The van der Waals surface area contributed by atoms with Crippen LogP contribution in [0.15, 0.2) is 24.3 Å². The highest BCUT2D eigenvalue weighted by molar-refractivity contribution is 6.30. The van der Waals surface area contributed by atoms with Gasteiger partial charge in [-0.05, 0) is 51.4 Å². The third kappa shape index (κ3) is 4.27. The summed E-state index contributed by atoms with van der Waals surface area (Å²) in [4.78, 5) is 2.38. The summed E-state index contributed by atoms with van der Waals surface area (Å²) >= 11 is 5.87. The second-order valence-corrected chi connectivity index (χ2v) is 5.97. The largest absolute Gasteiger partial charge is 0.324 e. The Morgan fingerprint density at radius 3 is 2.33 bits per heavy atom. The zero-order chi connectivity index (χ0) is 13.8. The van der Waals surface area contributed by atoms with Crippen molar-refractivity contribution in [1.82, 2.24) is 4.90 Å². The van der Waals surface area contributed by atoms with E-state index in [4.69, 9.17) is 17.3 Å². The van der Waals surface area contributed by atoms with E-state index in [2.05, 4.69) is 32.7 Å². The van der Waals surface area contributed by atoms with Crippen molar-refractivity contribution in [3.05, 3.63) is 34.9 Å². The van der Waals surface area contributed by atoms with Crippen LogP contribution in [-0.2, 0) is 0 Å². The normalized spacial score (nSPS) is 13.9. The Labute approximate surface area is 116 Å². The van der Waals surface area contributed by atoms with Gasteiger partial charge in [-0.3, -0.25) is 0 Å². The minimum atomic E-state index is 0.0809. The summed E-state index contributed by atoms with van der Waals surface area (Å²) in [6.45, 7) is 7.75. The van der Waals surface area contributed by atoms with Crippen molar-refractivity contribution in [2.75, 3.05) is 13.6 Å². The number of benzene rings is 1. The van der Waals surface area contributed by atoms with Crippen LogP contribution in [0.5, 0.6) is 0 Å². The van der Waals surface area contributed by atoms with Gasteiger partial charge < -0.3 is 10.6 Å². The van der Waals surface area contributed by atoms with Crippen LogP contribution in [-0.4, -0.2) is 24.0 Å². The van der Waals surface area contributed by atoms with Crippen LogP contribution < -0.4 is 5.73 Å².